The first-order chi connectivity index (χ1) is 10.6. The van der Waals surface area contributed by atoms with E-state index in [4.69, 9.17) is 27.9 Å². The van der Waals surface area contributed by atoms with Gasteiger partial charge in [0.1, 0.15) is 0 Å². The molecule has 2 heterocycles. The molecule has 1 aliphatic heterocycles. The Balaban J connectivity index is 1.81. The summed E-state index contributed by atoms with van der Waals surface area (Å²) in [5.41, 5.74) is 1.05. The fourth-order valence-electron chi connectivity index (χ4n) is 1.80. The van der Waals surface area contributed by atoms with Crippen LogP contribution in [0.4, 0.5) is 0 Å². The van der Waals surface area contributed by atoms with Crippen LogP contribution in [0.25, 0.3) is 12.2 Å². The Morgan fingerprint density at radius 3 is 2.77 bits per heavy atom. The third-order valence-electron chi connectivity index (χ3n) is 2.83. The number of hydrogen-bond acceptors (Lipinski definition) is 4. The van der Waals surface area contributed by atoms with Gasteiger partial charge in [-0.15, -0.1) is 11.3 Å². The molecule has 6 heteroatoms. The number of thiophene rings is 1. The molecule has 0 atom stereocenters. The van der Waals surface area contributed by atoms with E-state index in [-0.39, 0.29) is 11.6 Å². The van der Waals surface area contributed by atoms with Crippen molar-refractivity contribution in [2.45, 2.75) is 0 Å². The third kappa shape index (κ3) is 3.47. The molecule has 1 aromatic carbocycles. The van der Waals surface area contributed by atoms with Crippen molar-refractivity contribution in [1.82, 2.24) is 0 Å². The van der Waals surface area contributed by atoms with Gasteiger partial charge in [0.25, 0.3) is 0 Å². The first-order valence-electron chi connectivity index (χ1n) is 6.31. The van der Waals surface area contributed by atoms with Crippen LogP contribution >= 0.6 is 34.5 Å². The molecule has 0 saturated carbocycles. The number of nitrogens with zero attached hydrogens (tertiary/aromatic N) is 1. The minimum Gasteiger partial charge on any atom is -0.403 e. The summed E-state index contributed by atoms with van der Waals surface area (Å²) < 4.78 is 5.10. The van der Waals surface area contributed by atoms with Crippen molar-refractivity contribution in [3.05, 3.63) is 68.0 Å². The highest BCUT2D eigenvalue weighted by Crippen LogP contribution is 2.23. The van der Waals surface area contributed by atoms with Crippen molar-refractivity contribution in [2.24, 2.45) is 4.99 Å². The van der Waals surface area contributed by atoms with E-state index in [1.165, 1.54) is 11.3 Å². The molecule has 2 aromatic rings. The lowest BCUT2D eigenvalue weighted by Crippen LogP contribution is -2.00. The van der Waals surface area contributed by atoms with Crippen LogP contribution in [0.2, 0.25) is 10.0 Å². The lowest BCUT2D eigenvalue weighted by molar-refractivity contribution is -0.129. The number of carbonyl (C=O) groups excluding carboxylic acids is 1. The van der Waals surface area contributed by atoms with Crippen molar-refractivity contribution in [3.8, 4) is 0 Å². The second-order valence-corrected chi connectivity index (χ2v) is 6.21. The molecular formula is C16H9Cl2NO2S. The number of carbonyl (C=O) groups is 1. The second-order valence-electron chi connectivity index (χ2n) is 4.38. The maximum Gasteiger partial charge on any atom is 0.363 e. The Bertz CT molecular complexity index is 808. The molecule has 0 bridgehead atoms. The minimum absolute atomic E-state index is 0.235. The smallest absolute Gasteiger partial charge is 0.363 e. The maximum atomic E-state index is 11.8. The Morgan fingerprint density at radius 2 is 2.05 bits per heavy atom. The average Bonchev–Trinajstić information content (AvgIpc) is 3.09. The summed E-state index contributed by atoms with van der Waals surface area (Å²) in [4.78, 5) is 16.9. The maximum absolute atomic E-state index is 11.8. The van der Waals surface area contributed by atoms with Crippen LogP contribution in [0.5, 0.6) is 0 Å². The summed E-state index contributed by atoms with van der Waals surface area (Å²) >= 11 is 13.4. The molecule has 22 heavy (non-hydrogen) atoms. The van der Waals surface area contributed by atoms with Crippen LogP contribution in [0, 0.1) is 0 Å². The van der Waals surface area contributed by atoms with E-state index in [2.05, 4.69) is 4.99 Å². The molecular weight excluding hydrogens is 341 g/mol. The molecule has 1 aromatic heterocycles. The Labute approximate surface area is 141 Å². The van der Waals surface area contributed by atoms with Gasteiger partial charge in [-0.3, -0.25) is 0 Å². The molecule has 3 rings (SSSR count). The van der Waals surface area contributed by atoms with E-state index in [9.17, 15) is 4.79 Å². The monoisotopic (exact) mass is 349 g/mol. The topological polar surface area (TPSA) is 38.7 Å². The van der Waals surface area contributed by atoms with Gasteiger partial charge in [-0.25, -0.2) is 9.79 Å². The molecule has 0 saturated heterocycles. The number of halogens is 2. The molecule has 110 valence electrons. The Morgan fingerprint density at radius 1 is 1.18 bits per heavy atom. The third-order valence-corrected chi connectivity index (χ3v) is 4.21. The van der Waals surface area contributed by atoms with Crippen LogP contribution < -0.4 is 0 Å². The van der Waals surface area contributed by atoms with Crippen LogP contribution in [-0.2, 0) is 9.53 Å². The fraction of sp³-hybridized carbons (Fsp3) is 0. The van der Waals surface area contributed by atoms with Gasteiger partial charge in [0.2, 0.25) is 5.90 Å². The zero-order valence-electron chi connectivity index (χ0n) is 11.1. The summed E-state index contributed by atoms with van der Waals surface area (Å²) in [6.07, 6.45) is 5.02. The van der Waals surface area contributed by atoms with Crippen molar-refractivity contribution in [1.29, 1.82) is 0 Å². The molecule has 0 aliphatic carbocycles. The predicted octanol–water partition coefficient (Wildman–Crippen LogP) is 5.06. The molecule has 0 unspecified atom stereocenters. The van der Waals surface area contributed by atoms with Crippen molar-refractivity contribution >= 4 is 58.6 Å². The molecule has 0 N–H and O–H groups in total. The van der Waals surface area contributed by atoms with E-state index in [0.717, 1.165) is 10.4 Å². The van der Waals surface area contributed by atoms with Crippen LogP contribution in [0.1, 0.15) is 10.4 Å². The highest BCUT2D eigenvalue weighted by atomic mass is 35.5. The van der Waals surface area contributed by atoms with Gasteiger partial charge >= 0.3 is 5.97 Å². The molecule has 0 amide bonds. The van der Waals surface area contributed by atoms with Gasteiger partial charge in [-0.2, -0.15) is 0 Å². The van der Waals surface area contributed by atoms with Crippen molar-refractivity contribution in [2.75, 3.05) is 0 Å². The standard InChI is InChI=1S/C16H9Cl2NO2S/c17-11-5-3-10(13(18)8-11)4-6-15-19-14(16(20)21-15)9-12-2-1-7-22-12/h1-9H/b6-4+,14-9-. The van der Waals surface area contributed by atoms with Crippen LogP contribution in [0.15, 0.2) is 52.5 Å². The molecule has 0 fully saturated rings. The lowest BCUT2D eigenvalue weighted by Gasteiger charge is -1.98. The van der Waals surface area contributed by atoms with E-state index >= 15 is 0 Å². The number of hydrogen-bond donors (Lipinski definition) is 0. The van der Waals surface area contributed by atoms with Crippen LogP contribution in [-0.4, -0.2) is 11.9 Å². The Kier molecular flexibility index (Phi) is 4.43. The highest BCUT2D eigenvalue weighted by molar-refractivity contribution is 7.10. The number of rotatable bonds is 3. The highest BCUT2D eigenvalue weighted by Gasteiger charge is 2.21. The van der Waals surface area contributed by atoms with Gasteiger partial charge in [0.05, 0.1) is 0 Å². The number of aliphatic imine (C=N–C) groups is 1. The SMILES string of the molecule is O=C1OC(/C=C/c2ccc(Cl)cc2Cl)=NC/1=C\c1cccs1. The normalized spacial score (nSPS) is 16.4. The number of esters is 1. The second kappa shape index (κ2) is 6.48. The zero-order valence-corrected chi connectivity index (χ0v) is 13.5. The van der Waals surface area contributed by atoms with Gasteiger partial charge in [0.15, 0.2) is 5.70 Å². The van der Waals surface area contributed by atoms with E-state index < -0.39 is 5.97 Å². The zero-order chi connectivity index (χ0) is 15.5. The minimum atomic E-state index is -0.463. The first kappa shape index (κ1) is 15.0. The quantitative estimate of drug-likeness (QED) is 0.573. The molecule has 0 spiro atoms. The molecule has 0 radical (unpaired) electrons. The van der Waals surface area contributed by atoms with Gasteiger partial charge in [-0.1, -0.05) is 35.3 Å². The predicted molar refractivity (Wildman–Crippen MR) is 91.3 cm³/mol. The van der Waals surface area contributed by atoms with E-state index in [1.54, 1.807) is 36.4 Å². The average molecular weight is 350 g/mol. The largest absolute Gasteiger partial charge is 0.403 e. The van der Waals surface area contributed by atoms with Crippen molar-refractivity contribution in [3.63, 3.8) is 0 Å². The summed E-state index contributed by atoms with van der Waals surface area (Å²) in [5, 5.41) is 3.01. The Hall–Kier alpha value is -1.88. The summed E-state index contributed by atoms with van der Waals surface area (Å²) in [7, 11) is 0. The van der Waals surface area contributed by atoms with Gasteiger partial charge < -0.3 is 4.74 Å². The fourth-order valence-corrected chi connectivity index (χ4v) is 2.93. The summed E-state index contributed by atoms with van der Waals surface area (Å²) in [6.45, 7) is 0. The molecule has 3 nitrogen and oxygen atoms in total. The van der Waals surface area contributed by atoms with Gasteiger partial charge in [0, 0.05) is 21.0 Å². The van der Waals surface area contributed by atoms with Gasteiger partial charge in [-0.05, 0) is 41.3 Å². The van der Waals surface area contributed by atoms with E-state index in [1.807, 2.05) is 17.5 Å². The molecule has 1 aliphatic rings. The first-order valence-corrected chi connectivity index (χ1v) is 7.94. The lowest BCUT2D eigenvalue weighted by atomic mass is 10.2. The number of ether oxygens (including phenoxy) is 1. The number of cyclic esters (lactones) is 1. The summed E-state index contributed by atoms with van der Waals surface area (Å²) in [5.74, 6) is -0.228. The number of benzene rings is 1. The summed E-state index contributed by atoms with van der Waals surface area (Å²) in [6, 6.07) is 8.97. The van der Waals surface area contributed by atoms with Crippen molar-refractivity contribution < 1.29 is 9.53 Å². The van der Waals surface area contributed by atoms with Crippen LogP contribution in [0.3, 0.4) is 0 Å². The van der Waals surface area contributed by atoms with E-state index in [0.29, 0.717) is 10.0 Å².